The standard InChI is InChI=1S/C28H48O11S/c1-3-4-5-6-7-28(29)38-24-22-36-20-18-34-16-14-32-12-13-33-15-17-35-19-21-37-23-25-39-40(30,31)27-10-8-26(2)9-11-27/h8-11H,3-7,12-25H2,1-2H3. The zero-order valence-corrected chi connectivity index (χ0v) is 25.0. The van der Waals surface area contributed by atoms with E-state index in [-0.39, 0.29) is 30.7 Å². The first-order chi connectivity index (χ1) is 19.5. The molecular weight excluding hydrogens is 544 g/mol. The highest BCUT2D eigenvalue weighted by Gasteiger charge is 2.14. The number of hydrogen-bond donors (Lipinski definition) is 0. The Hall–Kier alpha value is -1.64. The van der Waals surface area contributed by atoms with E-state index in [1.807, 2.05) is 6.92 Å². The summed E-state index contributed by atoms with van der Waals surface area (Å²) in [6.07, 6.45) is 4.72. The average Bonchev–Trinajstić information content (AvgIpc) is 2.94. The highest BCUT2D eigenvalue weighted by atomic mass is 32.2. The van der Waals surface area contributed by atoms with Gasteiger partial charge >= 0.3 is 5.97 Å². The normalized spacial score (nSPS) is 11.7. The van der Waals surface area contributed by atoms with Crippen molar-refractivity contribution in [3.8, 4) is 0 Å². The van der Waals surface area contributed by atoms with Crippen molar-refractivity contribution in [2.75, 3.05) is 92.5 Å². The minimum absolute atomic E-state index is 0.0594. The van der Waals surface area contributed by atoms with Crippen LogP contribution in [-0.2, 0) is 52.3 Å². The van der Waals surface area contributed by atoms with Gasteiger partial charge in [-0.05, 0) is 25.5 Å². The third-order valence-corrected chi connectivity index (χ3v) is 6.69. The van der Waals surface area contributed by atoms with Gasteiger partial charge in [0.15, 0.2) is 0 Å². The number of rotatable bonds is 28. The lowest BCUT2D eigenvalue weighted by molar-refractivity contribution is -0.145. The summed E-state index contributed by atoms with van der Waals surface area (Å²) in [5, 5.41) is 0. The lowest BCUT2D eigenvalue weighted by atomic mass is 10.2. The smallest absolute Gasteiger partial charge is 0.305 e. The maximum atomic E-state index is 12.0. The molecule has 0 bridgehead atoms. The molecule has 232 valence electrons. The van der Waals surface area contributed by atoms with Crippen LogP contribution in [0.3, 0.4) is 0 Å². The number of hydrogen-bond acceptors (Lipinski definition) is 11. The molecule has 0 amide bonds. The van der Waals surface area contributed by atoms with E-state index in [0.29, 0.717) is 79.1 Å². The van der Waals surface area contributed by atoms with Crippen molar-refractivity contribution >= 4 is 16.1 Å². The van der Waals surface area contributed by atoms with Crippen molar-refractivity contribution in [2.24, 2.45) is 0 Å². The first-order valence-corrected chi connectivity index (χ1v) is 15.4. The van der Waals surface area contributed by atoms with Crippen LogP contribution >= 0.6 is 0 Å². The Kier molecular flexibility index (Phi) is 22.8. The Labute approximate surface area is 239 Å². The average molecular weight is 593 g/mol. The quantitative estimate of drug-likeness (QED) is 0.0808. The topological polar surface area (TPSA) is 125 Å². The molecule has 0 N–H and O–H groups in total. The number of unbranched alkanes of at least 4 members (excludes halogenated alkanes) is 3. The number of carbonyl (C=O) groups is 1. The van der Waals surface area contributed by atoms with Gasteiger partial charge in [-0.2, -0.15) is 8.42 Å². The lowest BCUT2D eigenvalue weighted by Crippen LogP contribution is -2.15. The molecule has 12 heteroatoms. The Morgan fingerprint density at radius 1 is 0.600 bits per heavy atom. The van der Waals surface area contributed by atoms with E-state index in [9.17, 15) is 13.2 Å². The summed E-state index contributed by atoms with van der Waals surface area (Å²) in [5.74, 6) is -0.163. The second kappa shape index (κ2) is 25.1. The molecule has 0 fully saturated rings. The van der Waals surface area contributed by atoms with Crippen molar-refractivity contribution in [2.45, 2.75) is 50.8 Å². The maximum absolute atomic E-state index is 12.0. The summed E-state index contributed by atoms with van der Waals surface area (Å²) in [6.45, 7) is 9.01. The summed E-state index contributed by atoms with van der Waals surface area (Å²) in [7, 11) is -3.77. The molecule has 0 unspecified atom stereocenters. The molecule has 0 spiro atoms. The van der Waals surface area contributed by atoms with E-state index in [0.717, 1.165) is 31.2 Å². The second-order valence-electron chi connectivity index (χ2n) is 8.79. The highest BCUT2D eigenvalue weighted by Crippen LogP contribution is 2.12. The fraction of sp³-hybridized carbons (Fsp3) is 0.750. The third-order valence-electron chi connectivity index (χ3n) is 5.36. The van der Waals surface area contributed by atoms with Gasteiger partial charge in [0, 0.05) is 6.42 Å². The molecule has 0 aliphatic carbocycles. The second-order valence-corrected chi connectivity index (χ2v) is 10.4. The van der Waals surface area contributed by atoms with Crippen LogP contribution in [0, 0.1) is 6.92 Å². The van der Waals surface area contributed by atoms with E-state index in [1.54, 1.807) is 12.1 Å². The largest absolute Gasteiger partial charge is 0.463 e. The predicted molar refractivity (Wildman–Crippen MR) is 149 cm³/mol. The zero-order chi connectivity index (χ0) is 29.2. The van der Waals surface area contributed by atoms with Gasteiger partial charge in [0.2, 0.25) is 0 Å². The Morgan fingerprint density at radius 2 is 1.02 bits per heavy atom. The van der Waals surface area contributed by atoms with E-state index in [4.69, 9.17) is 37.3 Å². The number of aryl methyl sites for hydroxylation is 1. The van der Waals surface area contributed by atoms with Crippen LogP contribution in [0.25, 0.3) is 0 Å². The van der Waals surface area contributed by atoms with Crippen molar-refractivity contribution in [3.63, 3.8) is 0 Å². The molecule has 1 rings (SSSR count). The first-order valence-electron chi connectivity index (χ1n) is 14.0. The molecular formula is C28H48O11S. The van der Waals surface area contributed by atoms with Crippen LogP contribution < -0.4 is 0 Å². The Bertz CT molecular complexity index is 831. The van der Waals surface area contributed by atoms with Gasteiger partial charge in [0.1, 0.15) is 6.61 Å². The molecule has 1 aromatic rings. The molecule has 0 aliphatic rings. The molecule has 0 saturated heterocycles. The molecule has 1 aromatic carbocycles. The monoisotopic (exact) mass is 592 g/mol. The van der Waals surface area contributed by atoms with Crippen LogP contribution in [-0.4, -0.2) is 107 Å². The van der Waals surface area contributed by atoms with Gasteiger partial charge in [0.05, 0.1) is 90.8 Å². The van der Waals surface area contributed by atoms with Crippen molar-refractivity contribution in [1.82, 2.24) is 0 Å². The van der Waals surface area contributed by atoms with Gasteiger partial charge in [-0.25, -0.2) is 0 Å². The van der Waals surface area contributed by atoms with Crippen molar-refractivity contribution < 1.29 is 50.6 Å². The van der Waals surface area contributed by atoms with Gasteiger partial charge in [-0.3, -0.25) is 8.98 Å². The molecule has 0 aromatic heterocycles. The van der Waals surface area contributed by atoms with E-state index in [1.165, 1.54) is 12.1 Å². The van der Waals surface area contributed by atoms with Crippen molar-refractivity contribution in [1.29, 1.82) is 0 Å². The fourth-order valence-electron chi connectivity index (χ4n) is 3.16. The van der Waals surface area contributed by atoms with Crippen LogP contribution in [0.4, 0.5) is 0 Å². The highest BCUT2D eigenvalue weighted by molar-refractivity contribution is 7.86. The number of benzene rings is 1. The lowest BCUT2D eigenvalue weighted by Gasteiger charge is -2.09. The van der Waals surface area contributed by atoms with Crippen LogP contribution in [0.2, 0.25) is 0 Å². The van der Waals surface area contributed by atoms with E-state index >= 15 is 0 Å². The minimum Gasteiger partial charge on any atom is -0.463 e. The van der Waals surface area contributed by atoms with Crippen LogP contribution in [0.15, 0.2) is 29.2 Å². The summed E-state index contributed by atoms with van der Waals surface area (Å²) in [5.41, 5.74) is 0.975. The maximum Gasteiger partial charge on any atom is 0.305 e. The zero-order valence-electron chi connectivity index (χ0n) is 24.1. The van der Waals surface area contributed by atoms with E-state index in [2.05, 4.69) is 6.92 Å². The summed E-state index contributed by atoms with van der Waals surface area (Å²) in [6, 6.07) is 6.47. The van der Waals surface area contributed by atoms with Crippen LogP contribution in [0.5, 0.6) is 0 Å². The number of carbonyl (C=O) groups excluding carboxylic acids is 1. The van der Waals surface area contributed by atoms with Gasteiger partial charge in [-0.15, -0.1) is 0 Å². The first kappa shape index (κ1) is 36.4. The van der Waals surface area contributed by atoms with Gasteiger partial charge in [-0.1, -0.05) is 43.9 Å². The summed E-state index contributed by atoms with van der Waals surface area (Å²) < 4.78 is 66.5. The Balaban J connectivity index is 1.75. The van der Waals surface area contributed by atoms with Crippen LogP contribution in [0.1, 0.15) is 44.6 Å². The third kappa shape index (κ3) is 21.2. The molecule has 0 saturated carbocycles. The number of ether oxygens (including phenoxy) is 7. The van der Waals surface area contributed by atoms with E-state index < -0.39 is 10.1 Å². The van der Waals surface area contributed by atoms with Crippen molar-refractivity contribution in [3.05, 3.63) is 29.8 Å². The predicted octanol–water partition coefficient (Wildman–Crippen LogP) is 3.31. The molecule has 0 radical (unpaired) electrons. The summed E-state index contributed by atoms with van der Waals surface area (Å²) >= 11 is 0. The SMILES string of the molecule is CCCCCCC(=O)OCCOCCOCCOCCOCCOCCOCCOS(=O)(=O)c1ccc(C)cc1. The molecule has 0 heterocycles. The molecule has 0 atom stereocenters. The fourth-order valence-corrected chi connectivity index (χ4v) is 4.05. The number of esters is 1. The Morgan fingerprint density at radius 3 is 1.48 bits per heavy atom. The molecule has 0 aliphatic heterocycles. The van der Waals surface area contributed by atoms with Gasteiger partial charge in [0.25, 0.3) is 10.1 Å². The molecule has 11 nitrogen and oxygen atoms in total. The molecule has 40 heavy (non-hydrogen) atoms. The summed E-state index contributed by atoms with van der Waals surface area (Å²) in [4.78, 5) is 11.6. The van der Waals surface area contributed by atoms with Gasteiger partial charge < -0.3 is 33.2 Å². The minimum atomic E-state index is -3.77.